The maximum absolute atomic E-state index is 11.2. The van der Waals surface area contributed by atoms with Crippen LogP contribution >= 0.6 is 0 Å². The van der Waals surface area contributed by atoms with Crippen LogP contribution in [0, 0.1) is 0 Å². The number of ether oxygens (including phenoxy) is 1. The van der Waals surface area contributed by atoms with Gasteiger partial charge in [-0.2, -0.15) is 0 Å². The van der Waals surface area contributed by atoms with Gasteiger partial charge in [0.25, 0.3) is 0 Å². The summed E-state index contributed by atoms with van der Waals surface area (Å²) in [6.45, 7) is 5.38. The molecule has 1 fully saturated rings. The van der Waals surface area contributed by atoms with E-state index in [1.54, 1.807) is 0 Å². The molecule has 122 valence electrons. The predicted octanol–water partition coefficient (Wildman–Crippen LogP) is 2.95. The van der Waals surface area contributed by atoms with Crippen LogP contribution in [0.25, 0.3) is 0 Å². The van der Waals surface area contributed by atoms with Crippen molar-refractivity contribution in [1.82, 2.24) is 4.90 Å². The molecule has 4 nitrogen and oxygen atoms in total. The van der Waals surface area contributed by atoms with Gasteiger partial charge in [-0.15, -0.1) is 0 Å². The first-order chi connectivity index (χ1) is 10.7. The van der Waals surface area contributed by atoms with Gasteiger partial charge in [0.05, 0.1) is 12.7 Å². The minimum atomic E-state index is -0.456. The Morgan fingerprint density at radius 2 is 1.91 bits per heavy atom. The zero-order valence-electron chi connectivity index (χ0n) is 13.5. The number of aliphatic hydroxyl groups is 1. The lowest BCUT2D eigenvalue weighted by Gasteiger charge is -2.26. The smallest absolute Gasteiger partial charge is 0.135 e. The highest BCUT2D eigenvalue weighted by Gasteiger charge is 2.17. The van der Waals surface area contributed by atoms with Gasteiger partial charge in [0.2, 0.25) is 0 Å². The summed E-state index contributed by atoms with van der Waals surface area (Å²) in [5.74, 6) is 1.22. The molecule has 0 bridgehead atoms. The number of carbonyl (C=O) groups excluding carboxylic acids is 1. The van der Waals surface area contributed by atoms with E-state index in [2.05, 4.69) is 11.8 Å². The molecule has 4 heteroatoms. The van der Waals surface area contributed by atoms with E-state index in [-0.39, 0.29) is 0 Å². The summed E-state index contributed by atoms with van der Waals surface area (Å²) in [5.41, 5.74) is 0.927. The number of carbonyl (C=O) groups is 1. The van der Waals surface area contributed by atoms with Crippen LogP contribution in [0.1, 0.15) is 50.7 Å². The molecule has 1 aromatic rings. The number of benzene rings is 1. The summed E-state index contributed by atoms with van der Waals surface area (Å²) in [6.07, 6.45) is 3.73. The van der Waals surface area contributed by atoms with Crippen molar-refractivity contribution in [1.29, 1.82) is 0 Å². The third-order valence-corrected chi connectivity index (χ3v) is 4.16. The van der Waals surface area contributed by atoms with Crippen LogP contribution < -0.4 is 4.74 Å². The van der Waals surface area contributed by atoms with Gasteiger partial charge < -0.3 is 14.7 Å². The van der Waals surface area contributed by atoms with Crippen molar-refractivity contribution < 1.29 is 14.6 Å². The Bertz CT molecular complexity index is 448. The van der Waals surface area contributed by atoms with E-state index in [4.69, 9.17) is 4.74 Å². The van der Waals surface area contributed by atoms with Crippen molar-refractivity contribution in [2.75, 3.05) is 26.2 Å². The third-order valence-electron chi connectivity index (χ3n) is 4.16. The van der Waals surface area contributed by atoms with E-state index in [1.807, 2.05) is 24.3 Å². The quantitative estimate of drug-likeness (QED) is 0.750. The standard InChI is InChI=1S/C18H27NO3/c1-2-3-14-22-17-6-4-15(5-7-17)18(21)10-13-19-11-8-16(20)9-12-19/h4-7,18,21H,2-3,8-14H2,1H3. The van der Waals surface area contributed by atoms with E-state index >= 15 is 0 Å². The largest absolute Gasteiger partial charge is 0.494 e. The van der Waals surface area contributed by atoms with Crippen molar-refractivity contribution in [3.63, 3.8) is 0 Å². The molecule has 0 saturated carbocycles. The first-order valence-electron chi connectivity index (χ1n) is 8.34. The molecule has 22 heavy (non-hydrogen) atoms. The fourth-order valence-corrected chi connectivity index (χ4v) is 2.62. The van der Waals surface area contributed by atoms with Gasteiger partial charge in [-0.25, -0.2) is 0 Å². The van der Waals surface area contributed by atoms with E-state index in [0.29, 0.717) is 25.0 Å². The van der Waals surface area contributed by atoms with Crippen LogP contribution in [0.3, 0.4) is 0 Å². The molecular formula is C18H27NO3. The van der Waals surface area contributed by atoms with E-state index < -0.39 is 6.10 Å². The van der Waals surface area contributed by atoms with Gasteiger partial charge in [0, 0.05) is 32.5 Å². The molecule has 0 aromatic heterocycles. The summed E-state index contributed by atoms with van der Waals surface area (Å²) >= 11 is 0. The normalized spacial score (nSPS) is 17.5. The molecule has 1 aromatic carbocycles. The minimum absolute atomic E-state index is 0.357. The Balaban J connectivity index is 1.74. The lowest BCUT2D eigenvalue weighted by atomic mass is 10.0. The van der Waals surface area contributed by atoms with Crippen molar-refractivity contribution in [2.45, 2.75) is 45.1 Å². The van der Waals surface area contributed by atoms with Crippen molar-refractivity contribution in [3.05, 3.63) is 29.8 Å². The average molecular weight is 305 g/mol. The zero-order valence-corrected chi connectivity index (χ0v) is 13.5. The lowest BCUT2D eigenvalue weighted by molar-refractivity contribution is -0.121. The molecule has 1 N–H and O–H groups in total. The van der Waals surface area contributed by atoms with E-state index in [9.17, 15) is 9.90 Å². The fourth-order valence-electron chi connectivity index (χ4n) is 2.62. The Hall–Kier alpha value is -1.39. The molecule has 0 spiro atoms. The Morgan fingerprint density at radius 1 is 1.23 bits per heavy atom. The van der Waals surface area contributed by atoms with Crippen LogP contribution in [0.2, 0.25) is 0 Å². The second-order valence-electron chi connectivity index (χ2n) is 5.96. The first kappa shape index (κ1) is 17.0. The second-order valence-corrected chi connectivity index (χ2v) is 5.96. The molecule has 2 rings (SSSR count). The summed E-state index contributed by atoms with van der Waals surface area (Å²) in [5, 5.41) is 10.3. The minimum Gasteiger partial charge on any atom is -0.494 e. The second kappa shape index (κ2) is 8.91. The molecule has 1 unspecified atom stereocenters. The van der Waals surface area contributed by atoms with Crippen molar-refractivity contribution >= 4 is 5.78 Å². The predicted molar refractivity (Wildman–Crippen MR) is 87.1 cm³/mol. The molecule has 1 aliphatic heterocycles. The molecule has 1 aliphatic rings. The lowest BCUT2D eigenvalue weighted by Crippen LogP contribution is -2.35. The fraction of sp³-hybridized carbons (Fsp3) is 0.611. The Morgan fingerprint density at radius 3 is 2.55 bits per heavy atom. The van der Waals surface area contributed by atoms with Gasteiger partial charge in [-0.3, -0.25) is 4.79 Å². The van der Waals surface area contributed by atoms with Crippen LogP contribution in [0.5, 0.6) is 5.75 Å². The number of aliphatic hydroxyl groups excluding tert-OH is 1. The number of ketones is 1. The van der Waals surface area contributed by atoms with Gasteiger partial charge >= 0.3 is 0 Å². The highest BCUT2D eigenvalue weighted by Crippen LogP contribution is 2.21. The van der Waals surface area contributed by atoms with Crippen LogP contribution in [0.4, 0.5) is 0 Å². The van der Waals surface area contributed by atoms with Crippen molar-refractivity contribution in [2.24, 2.45) is 0 Å². The van der Waals surface area contributed by atoms with Gasteiger partial charge in [0.1, 0.15) is 11.5 Å². The number of Topliss-reactive ketones (excluding diaryl/α,β-unsaturated/α-hetero) is 1. The molecule has 1 heterocycles. The Labute approximate surface area is 133 Å². The van der Waals surface area contributed by atoms with Gasteiger partial charge in [-0.05, 0) is 30.5 Å². The molecular weight excluding hydrogens is 278 g/mol. The molecule has 0 aliphatic carbocycles. The van der Waals surface area contributed by atoms with E-state index in [0.717, 1.165) is 50.4 Å². The highest BCUT2D eigenvalue weighted by molar-refractivity contribution is 5.79. The zero-order chi connectivity index (χ0) is 15.8. The van der Waals surface area contributed by atoms with Crippen LogP contribution in [-0.4, -0.2) is 42.0 Å². The monoisotopic (exact) mass is 305 g/mol. The number of hydrogen-bond acceptors (Lipinski definition) is 4. The first-order valence-corrected chi connectivity index (χ1v) is 8.34. The summed E-state index contributed by atoms with van der Waals surface area (Å²) in [4.78, 5) is 13.5. The number of nitrogens with zero attached hydrogens (tertiary/aromatic N) is 1. The maximum atomic E-state index is 11.2. The topological polar surface area (TPSA) is 49.8 Å². The summed E-state index contributed by atoms with van der Waals surface area (Å²) in [7, 11) is 0. The van der Waals surface area contributed by atoms with Crippen molar-refractivity contribution in [3.8, 4) is 5.75 Å². The summed E-state index contributed by atoms with van der Waals surface area (Å²) < 4.78 is 5.62. The van der Waals surface area contributed by atoms with Crippen LogP contribution in [0.15, 0.2) is 24.3 Å². The molecule has 0 amide bonds. The number of likely N-dealkylation sites (tertiary alicyclic amines) is 1. The Kier molecular flexibility index (Phi) is 6.87. The number of unbranched alkanes of at least 4 members (excludes halogenated alkanes) is 1. The molecule has 1 saturated heterocycles. The van der Waals surface area contributed by atoms with Crippen LogP contribution in [-0.2, 0) is 4.79 Å². The average Bonchev–Trinajstić information content (AvgIpc) is 2.55. The molecule has 1 atom stereocenters. The SMILES string of the molecule is CCCCOc1ccc(C(O)CCN2CCC(=O)CC2)cc1. The number of rotatable bonds is 8. The number of piperidine rings is 1. The van der Waals surface area contributed by atoms with Gasteiger partial charge in [0.15, 0.2) is 0 Å². The number of hydrogen-bond donors (Lipinski definition) is 1. The summed E-state index contributed by atoms with van der Waals surface area (Å²) in [6, 6.07) is 7.72. The van der Waals surface area contributed by atoms with E-state index in [1.165, 1.54) is 0 Å². The van der Waals surface area contributed by atoms with Gasteiger partial charge in [-0.1, -0.05) is 25.5 Å². The molecule has 0 radical (unpaired) electrons. The third kappa shape index (κ3) is 5.43. The maximum Gasteiger partial charge on any atom is 0.135 e. The highest BCUT2D eigenvalue weighted by atomic mass is 16.5.